The molecule has 92 valence electrons. The van der Waals surface area contributed by atoms with Crippen LogP contribution in [-0.2, 0) is 6.54 Å². The molecule has 3 N–H and O–H groups in total. The molecule has 0 radical (unpaired) electrons. The van der Waals surface area contributed by atoms with Gasteiger partial charge in [0, 0.05) is 13.1 Å². The Balaban J connectivity index is 2.33. The molecule has 0 saturated heterocycles. The SMILES string of the molecule is N#CCOc1ccc(CNCC(O)CO)cc1. The Morgan fingerprint density at radius 3 is 2.65 bits per heavy atom. The zero-order chi connectivity index (χ0) is 12.5. The number of aliphatic hydroxyl groups excluding tert-OH is 2. The van der Waals surface area contributed by atoms with Gasteiger partial charge in [-0.15, -0.1) is 0 Å². The van der Waals surface area contributed by atoms with Crippen molar-refractivity contribution in [1.82, 2.24) is 5.32 Å². The highest BCUT2D eigenvalue weighted by atomic mass is 16.5. The number of ether oxygens (including phenoxy) is 1. The van der Waals surface area contributed by atoms with E-state index in [2.05, 4.69) is 5.32 Å². The molecule has 0 fully saturated rings. The Kier molecular flexibility index (Phi) is 6.04. The van der Waals surface area contributed by atoms with Crippen molar-refractivity contribution < 1.29 is 14.9 Å². The fourth-order valence-electron chi connectivity index (χ4n) is 1.27. The molecule has 0 aliphatic carbocycles. The van der Waals surface area contributed by atoms with Crippen LogP contribution in [0.3, 0.4) is 0 Å². The number of hydrogen-bond donors (Lipinski definition) is 3. The molecule has 1 aromatic carbocycles. The third kappa shape index (κ3) is 5.31. The van der Waals surface area contributed by atoms with Gasteiger partial charge in [-0.25, -0.2) is 0 Å². The van der Waals surface area contributed by atoms with Crippen LogP contribution < -0.4 is 10.1 Å². The van der Waals surface area contributed by atoms with E-state index < -0.39 is 6.10 Å². The molecule has 1 aromatic rings. The smallest absolute Gasteiger partial charge is 0.174 e. The van der Waals surface area contributed by atoms with Crippen molar-refractivity contribution in [3.8, 4) is 11.8 Å². The minimum absolute atomic E-state index is 0.0420. The third-order valence-corrected chi connectivity index (χ3v) is 2.15. The second kappa shape index (κ2) is 7.63. The normalized spacial score (nSPS) is 11.8. The molecule has 0 aromatic heterocycles. The van der Waals surface area contributed by atoms with Crippen molar-refractivity contribution in [2.45, 2.75) is 12.6 Å². The monoisotopic (exact) mass is 236 g/mol. The number of benzene rings is 1. The summed E-state index contributed by atoms with van der Waals surface area (Å²) in [6, 6.07) is 9.23. The van der Waals surface area contributed by atoms with Crippen molar-refractivity contribution in [2.75, 3.05) is 19.8 Å². The Morgan fingerprint density at radius 1 is 1.35 bits per heavy atom. The lowest BCUT2D eigenvalue weighted by Gasteiger charge is -2.09. The average molecular weight is 236 g/mol. The predicted molar refractivity (Wildman–Crippen MR) is 62.3 cm³/mol. The standard InChI is InChI=1S/C12H16N2O3/c13-5-6-17-12-3-1-10(2-4-12)7-14-8-11(16)9-15/h1-4,11,14-16H,6-9H2. The minimum atomic E-state index is -0.728. The summed E-state index contributed by atoms with van der Waals surface area (Å²) in [6.45, 7) is 0.757. The van der Waals surface area contributed by atoms with E-state index in [0.29, 0.717) is 18.8 Å². The van der Waals surface area contributed by atoms with E-state index in [1.165, 1.54) is 0 Å². The topological polar surface area (TPSA) is 85.5 Å². The highest BCUT2D eigenvalue weighted by Gasteiger charge is 2.00. The number of nitrogens with one attached hydrogen (secondary N) is 1. The summed E-state index contributed by atoms with van der Waals surface area (Å²) < 4.78 is 5.12. The van der Waals surface area contributed by atoms with Gasteiger partial charge in [-0.1, -0.05) is 12.1 Å². The van der Waals surface area contributed by atoms with Gasteiger partial charge in [0.1, 0.15) is 11.8 Å². The molecule has 0 heterocycles. The zero-order valence-electron chi connectivity index (χ0n) is 9.47. The van der Waals surface area contributed by atoms with Crippen LogP contribution in [0.5, 0.6) is 5.75 Å². The summed E-state index contributed by atoms with van der Waals surface area (Å²) in [5.41, 5.74) is 1.04. The fourth-order valence-corrected chi connectivity index (χ4v) is 1.27. The molecule has 0 saturated carbocycles. The maximum Gasteiger partial charge on any atom is 0.174 e. The van der Waals surface area contributed by atoms with Gasteiger partial charge in [-0.3, -0.25) is 0 Å². The quantitative estimate of drug-likeness (QED) is 0.622. The second-order valence-corrected chi connectivity index (χ2v) is 3.56. The van der Waals surface area contributed by atoms with Crippen molar-refractivity contribution in [3.63, 3.8) is 0 Å². The van der Waals surface area contributed by atoms with Crippen LogP contribution >= 0.6 is 0 Å². The molecule has 0 aliphatic heterocycles. The van der Waals surface area contributed by atoms with Gasteiger partial charge < -0.3 is 20.3 Å². The van der Waals surface area contributed by atoms with Gasteiger partial charge in [0.05, 0.1) is 12.7 Å². The Bertz CT molecular complexity index is 359. The van der Waals surface area contributed by atoms with Crippen molar-refractivity contribution in [1.29, 1.82) is 5.26 Å². The van der Waals surface area contributed by atoms with Gasteiger partial charge in [0.15, 0.2) is 6.61 Å². The van der Waals surface area contributed by atoms with E-state index in [0.717, 1.165) is 5.56 Å². The van der Waals surface area contributed by atoms with Crippen molar-refractivity contribution >= 4 is 0 Å². The first-order valence-electron chi connectivity index (χ1n) is 5.34. The Labute approximate surface area is 100 Å². The van der Waals surface area contributed by atoms with E-state index in [1.807, 2.05) is 18.2 Å². The number of rotatable bonds is 7. The molecule has 1 atom stereocenters. The molecule has 0 amide bonds. The average Bonchev–Trinajstić information content (AvgIpc) is 2.37. The lowest BCUT2D eigenvalue weighted by atomic mass is 10.2. The van der Waals surface area contributed by atoms with Crippen LogP contribution in [0.15, 0.2) is 24.3 Å². The van der Waals surface area contributed by atoms with Crippen LogP contribution in [0, 0.1) is 11.3 Å². The highest BCUT2D eigenvalue weighted by molar-refractivity contribution is 5.27. The van der Waals surface area contributed by atoms with Crippen molar-refractivity contribution in [3.05, 3.63) is 29.8 Å². The molecule has 17 heavy (non-hydrogen) atoms. The molecule has 0 aliphatic rings. The molecule has 1 unspecified atom stereocenters. The first-order valence-corrected chi connectivity index (χ1v) is 5.34. The zero-order valence-corrected chi connectivity index (χ0v) is 9.47. The molecule has 5 nitrogen and oxygen atoms in total. The van der Waals surface area contributed by atoms with Gasteiger partial charge in [-0.2, -0.15) is 5.26 Å². The lowest BCUT2D eigenvalue weighted by molar-refractivity contribution is 0.0942. The summed E-state index contributed by atoms with van der Waals surface area (Å²) in [5.74, 6) is 0.658. The Morgan fingerprint density at radius 2 is 2.06 bits per heavy atom. The van der Waals surface area contributed by atoms with E-state index in [-0.39, 0.29) is 13.2 Å². The third-order valence-electron chi connectivity index (χ3n) is 2.15. The lowest BCUT2D eigenvalue weighted by Crippen LogP contribution is -2.28. The van der Waals surface area contributed by atoms with Crippen LogP contribution in [0.4, 0.5) is 0 Å². The van der Waals surface area contributed by atoms with E-state index in [1.54, 1.807) is 12.1 Å². The second-order valence-electron chi connectivity index (χ2n) is 3.56. The number of hydrogen-bond acceptors (Lipinski definition) is 5. The van der Waals surface area contributed by atoms with E-state index >= 15 is 0 Å². The van der Waals surface area contributed by atoms with Gasteiger partial charge >= 0.3 is 0 Å². The largest absolute Gasteiger partial charge is 0.479 e. The number of aliphatic hydroxyl groups is 2. The van der Waals surface area contributed by atoms with Crippen LogP contribution in [0.1, 0.15) is 5.56 Å². The fraction of sp³-hybridized carbons (Fsp3) is 0.417. The first kappa shape index (κ1) is 13.5. The van der Waals surface area contributed by atoms with Gasteiger partial charge in [0.2, 0.25) is 0 Å². The maximum absolute atomic E-state index is 9.11. The van der Waals surface area contributed by atoms with Gasteiger partial charge in [0.25, 0.3) is 0 Å². The molecule has 5 heteroatoms. The molecule has 0 spiro atoms. The summed E-state index contributed by atoms with van der Waals surface area (Å²) in [4.78, 5) is 0. The molecule has 0 bridgehead atoms. The summed E-state index contributed by atoms with van der Waals surface area (Å²) >= 11 is 0. The summed E-state index contributed by atoms with van der Waals surface area (Å²) in [5, 5.41) is 29.1. The highest BCUT2D eigenvalue weighted by Crippen LogP contribution is 2.11. The predicted octanol–water partition coefficient (Wildman–Crippen LogP) is 0.0318. The molecular weight excluding hydrogens is 220 g/mol. The van der Waals surface area contributed by atoms with E-state index in [9.17, 15) is 0 Å². The Hall–Kier alpha value is -1.61. The maximum atomic E-state index is 9.11. The summed E-state index contributed by atoms with van der Waals surface area (Å²) in [7, 11) is 0. The van der Waals surface area contributed by atoms with Crippen LogP contribution in [0.25, 0.3) is 0 Å². The molecular formula is C12H16N2O3. The minimum Gasteiger partial charge on any atom is -0.479 e. The van der Waals surface area contributed by atoms with E-state index in [4.69, 9.17) is 20.2 Å². The van der Waals surface area contributed by atoms with Crippen LogP contribution in [-0.4, -0.2) is 36.1 Å². The number of nitriles is 1. The summed E-state index contributed by atoms with van der Waals surface area (Å²) in [6.07, 6.45) is -0.728. The van der Waals surface area contributed by atoms with Crippen LogP contribution in [0.2, 0.25) is 0 Å². The van der Waals surface area contributed by atoms with Crippen molar-refractivity contribution in [2.24, 2.45) is 0 Å². The number of nitrogens with zero attached hydrogens (tertiary/aromatic N) is 1. The molecule has 1 rings (SSSR count). The first-order chi connectivity index (χ1) is 8.26. The van der Waals surface area contributed by atoms with Gasteiger partial charge in [-0.05, 0) is 17.7 Å².